The molecule has 0 atom stereocenters. The smallest absolute Gasteiger partial charge is 0.135 e. The Morgan fingerprint density at radius 2 is 1.22 bits per heavy atom. The van der Waals surface area contributed by atoms with E-state index in [4.69, 9.17) is 9.72 Å². The number of nitrogens with zero attached hydrogens (tertiary/aromatic N) is 4. The van der Waals surface area contributed by atoms with Crippen molar-refractivity contribution in [1.82, 2.24) is 9.55 Å². The van der Waals surface area contributed by atoms with Crippen molar-refractivity contribution in [3.8, 4) is 28.4 Å². The largest absolute Gasteiger partial charge is 0.509 e. The molecule has 0 unspecified atom stereocenters. The summed E-state index contributed by atoms with van der Waals surface area (Å²) in [7, 11) is 0. The van der Waals surface area contributed by atoms with Crippen LogP contribution in [0.25, 0.3) is 38.8 Å². The van der Waals surface area contributed by atoms with Crippen LogP contribution in [0.4, 0.5) is 22.7 Å². The van der Waals surface area contributed by atoms with Crippen molar-refractivity contribution in [1.29, 1.82) is 0 Å². The molecule has 1 aliphatic rings. The summed E-state index contributed by atoms with van der Waals surface area (Å²) in [6.07, 6.45) is 6.03. The Bertz CT molecular complexity index is 2940. The predicted octanol–water partition coefficient (Wildman–Crippen LogP) is 16.1. The maximum atomic E-state index is 6.93. The predicted molar refractivity (Wildman–Crippen MR) is 264 cm³/mol. The van der Waals surface area contributed by atoms with Crippen LogP contribution in [0.5, 0.6) is 11.5 Å². The van der Waals surface area contributed by atoms with Crippen molar-refractivity contribution in [2.45, 2.75) is 104 Å². The van der Waals surface area contributed by atoms with Gasteiger partial charge in [-0.05, 0) is 112 Å². The second kappa shape index (κ2) is 17.7. The van der Waals surface area contributed by atoms with E-state index in [1.807, 2.05) is 12.3 Å². The summed E-state index contributed by atoms with van der Waals surface area (Å²) in [5.41, 5.74) is 12.4. The van der Waals surface area contributed by atoms with Crippen LogP contribution in [-0.2, 0) is 37.3 Å². The summed E-state index contributed by atoms with van der Waals surface area (Å²) in [4.78, 5) is 9.55. The molecule has 2 aromatic heterocycles. The molecule has 0 saturated carbocycles. The monoisotopic (exact) mass is 1020 g/mol. The van der Waals surface area contributed by atoms with Gasteiger partial charge in [-0.15, -0.1) is 53.6 Å². The fourth-order valence-corrected chi connectivity index (χ4v) is 9.07. The molecule has 5 nitrogen and oxygen atoms in total. The van der Waals surface area contributed by atoms with Gasteiger partial charge in [0, 0.05) is 61.3 Å². The molecule has 0 spiro atoms. The van der Waals surface area contributed by atoms with E-state index in [1.165, 1.54) is 27.8 Å². The summed E-state index contributed by atoms with van der Waals surface area (Å²) in [5.74, 6) is 2.17. The van der Waals surface area contributed by atoms with Crippen LogP contribution < -0.4 is 14.5 Å². The van der Waals surface area contributed by atoms with Crippen LogP contribution in [0.3, 0.4) is 0 Å². The summed E-state index contributed by atoms with van der Waals surface area (Å²) >= 11 is 0. The van der Waals surface area contributed by atoms with Crippen LogP contribution in [0.2, 0.25) is 0 Å². The number of hydrogen-bond donors (Lipinski definition) is 0. The molecule has 0 saturated heterocycles. The zero-order valence-electron chi connectivity index (χ0n) is 38.7. The summed E-state index contributed by atoms with van der Waals surface area (Å²) in [6, 6.07) is 55.5. The maximum absolute atomic E-state index is 6.93. The third-order valence-corrected chi connectivity index (χ3v) is 14.2. The van der Waals surface area contributed by atoms with Crippen LogP contribution in [-0.4, -0.2) is 9.55 Å². The average molecular weight is 1020 g/mol. The van der Waals surface area contributed by atoms with Gasteiger partial charge in [0.25, 0.3) is 0 Å². The van der Waals surface area contributed by atoms with Crippen molar-refractivity contribution in [3.63, 3.8) is 0 Å². The first kappa shape index (κ1) is 44.9. The molecule has 6 heteroatoms. The Morgan fingerprint density at radius 3 is 1.92 bits per heavy atom. The topological polar surface area (TPSA) is 33.5 Å². The Hall–Kier alpha value is -5.64. The molecular weight excluding hydrogens is 964 g/mol. The van der Waals surface area contributed by atoms with Gasteiger partial charge in [-0.1, -0.05) is 135 Å². The second-order valence-electron chi connectivity index (χ2n) is 18.8. The van der Waals surface area contributed by atoms with E-state index in [0.29, 0.717) is 11.5 Å². The summed E-state index contributed by atoms with van der Waals surface area (Å²) < 4.78 is 9.17. The molecule has 0 radical (unpaired) electrons. The number of benzene rings is 6. The van der Waals surface area contributed by atoms with Gasteiger partial charge in [0.05, 0.1) is 0 Å². The average Bonchev–Trinajstić information content (AvgIpc) is 3.87. The van der Waals surface area contributed by atoms with E-state index in [9.17, 15) is 0 Å². The molecule has 0 aliphatic carbocycles. The number of ether oxygens (including phenoxy) is 1. The number of aromatic nitrogens is 2. The third kappa shape index (κ3) is 8.17. The first-order valence-electron chi connectivity index (χ1n) is 22.8. The zero-order chi connectivity index (χ0) is 44.1. The Labute approximate surface area is 395 Å². The number of fused-ring (bicyclic) bond motifs is 4. The Kier molecular flexibility index (Phi) is 12.5. The molecular formula is C58H59N4OPt-3. The van der Waals surface area contributed by atoms with Gasteiger partial charge in [-0.3, -0.25) is 0 Å². The van der Waals surface area contributed by atoms with Crippen molar-refractivity contribution >= 4 is 44.6 Å². The molecule has 0 bridgehead atoms. The van der Waals surface area contributed by atoms with Gasteiger partial charge in [0.15, 0.2) is 0 Å². The van der Waals surface area contributed by atoms with Gasteiger partial charge in [0.2, 0.25) is 0 Å². The number of anilines is 4. The minimum Gasteiger partial charge on any atom is -0.509 e. The van der Waals surface area contributed by atoms with Crippen molar-refractivity contribution in [2.24, 2.45) is 0 Å². The molecule has 0 fully saturated rings. The van der Waals surface area contributed by atoms with Crippen LogP contribution >= 0.6 is 0 Å². The minimum absolute atomic E-state index is 0. The third-order valence-electron chi connectivity index (χ3n) is 14.2. The van der Waals surface area contributed by atoms with Gasteiger partial charge >= 0.3 is 0 Å². The maximum Gasteiger partial charge on any atom is 0.135 e. The fraction of sp³-hybridized carbons (Fsp3) is 0.276. The SMILES string of the molecule is CCC(C)(CC)c1cc(Oc2[c-]c3c(cc2)c2ccccc2n3-c2cc(C(C)(CC)CC)ccn2)[c-]c(N2[CH-]N(c3cc(-c4ccccc4)cc(C(C)(C)C)c3)c3ccccc32)c1.[Pt]. The van der Waals surface area contributed by atoms with Crippen LogP contribution in [0.15, 0.2) is 140 Å². The molecule has 0 N–H and O–H groups in total. The normalized spacial score (nSPS) is 13.1. The van der Waals surface area contributed by atoms with E-state index in [1.54, 1.807) is 0 Å². The van der Waals surface area contributed by atoms with E-state index >= 15 is 0 Å². The van der Waals surface area contributed by atoms with Gasteiger partial charge < -0.3 is 19.1 Å². The number of pyridine rings is 1. The van der Waals surface area contributed by atoms with Gasteiger partial charge in [-0.25, -0.2) is 4.98 Å². The first-order chi connectivity index (χ1) is 30.4. The molecule has 9 rings (SSSR count). The first-order valence-corrected chi connectivity index (χ1v) is 22.8. The van der Waals surface area contributed by atoms with E-state index in [2.05, 4.69) is 223 Å². The molecule has 330 valence electrons. The molecule has 8 aromatic rings. The van der Waals surface area contributed by atoms with Crippen molar-refractivity contribution < 1.29 is 25.8 Å². The number of rotatable bonds is 12. The number of hydrogen-bond acceptors (Lipinski definition) is 4. The Balaban J connectivity index is 0.00000560. The number of para-hydroxylation sites is 3. The van der Waals surface area contributed by atoms with E-state index in [0.717, 1.165) is 76.1 Å². The zero-order valence-corrected chi connectivity index (χ0v) is 41.0. The van der Waals surface area contributed by atoms with E-state index < -0.39 is 0 Å². The Morgan fingerprint density at radius 1 is 0.562 bits per heavy atom. The fourth-order valence-electron chi connectivity index (χ4n) is 9.07. The second-order valence-corrected chi connectivity index (χ2v) is 18.8. The molecule has 3 heterocycles. The van der Waals surface area contributed by atoms with Crippen LogP contribution in [0.1, 0.15) is 105 Å². The van der Waals surface area contributed by atoms with Crippen molar-refractivity contribution in [2.75, 3.05) is 9.80 Å². The standard InChI is InChI=1S/C58H59N4O.Pt/c1-10-57(8,11-2)42-29-30-59-55(36-42)62-51-24-18-17-23-49(51)50-28-27-47(38-54(50)62)63-48-35-44(58(9,12-3)13-4)34-46(37-48)61-39-60(52-25-19-20-26-53(52)61)45-32-41(40-21-15-14-16-22-40)31-43(33-45)56(5,6)7;/h14-36,39H,10-13H2,1-9H3;/q-3;. The van der Waals surface area contributed by atoms with Crippen LogP contribution in [0, 0.1) is 18.8 Å². The molecule has 1 aliphatic heterocycles. The molecule has 6 aromatic carbocycles. The quantitative estimate of drug-likeness (QED) is 0.114. The van der Waals surface area contributed by atoms with E-state index in [-0.39, 0.29) is 37.3 Å². The summed E-state index contributed by atoms with van der Waals surface area (Å²) in [5, 5.41) is 2.27. The molecule has 64 heavy (non-hydrogen) atoms. The minimum atomic E-state index is -0.0746. The summed E-state index contributed by atoms with van der Waals surface area (Å²) in [6.45, 7) is 22.9. The van der Waals surface area contributed by atoms with Gasteiger partial charge in [-0.2, -0.15) is 6.07 Å². The van der Waals surface area contributed by atoms with Gasteiger partial charge in [0.1, 0.15) is 5.82 Å². The van der Waals surface area contributed by atoms with Crippen molar-refractivity contribution in [3.05, 3.63) is 175 Å². The molecule has 0 amide bonds.